The van der Waals surface area contributed by atoms with Crippen molar-refractivity contribution < 1.29 is 4.42 Å². The van der Waals surface area contributed by atoms with Crippen molar-refractivity contribution in [1.82, 2.24) is 4.57 Å². The van der Waals surface area contributed by atoms with E-state index in [1.165, 1.54) is 52.8 Å². The molecule has 0 bridgehead atoms. The van der Waals surface area contributed by atoms with Crippen LogP contribution in [0.4, 0.5) is 17.1 Å². The van der Waals surface area contributed by atoms with E-state index in [1.54, 1.807) is 0 Å². The number of hydrogen-bond acceptors (Lipinski definition) is 3. The lowest BCUT2D eigenvalue weighted by Gasteiger charge is -2.26. The van der Waals surface area contributed by atoms with Gasteiger partial charge >= 0.3 is 0 Å². The van der Waals surface area contributed by atoms with Crippen molar-refractivity contribution in [2.24, 2.45) is 0 Å². The minimum absolute atomic E-state index is 0.890. The Morgan fingerprint density at radius 2 is 1.12 bits per heavy atom. The predicted octanol–water partition coefficient (Wildman–Crippen LogP) is 13.7. The summed E-state index contributed by atoms with van der Waals surface area (Å²) in [6.07, 6.45) is 0. The second kappa shape index (κ2) is 10.6. The molecule has 234 valence electrons. The number of hydrogen-bond donors (Lipinski definition) is 0. The Bertz CT molecular complexity index is 3110. The van der Waals surface area contributed by atoms with Gasteiger partial charge in [0.2, 0.25) is 0 Å². The van der Waals surface area contributed by atoms with Crippen LogP contribution in [0.2, 0.25) is 0 Å². The van der Waals surface area contributed by atoms with E-state index in [2.05, 4.69) is 167 Å². The molecule has 0 aliphatic heterocycles. The van der Waals surface area contributed by atoms with Gasteiger partial charge in [-0.15, -0.1) is 11.3 Å². The van der Waals surface area contributed by atoms with Crippen molar-refractivity contribution in [2.75, 3.05) is 4.90 Å². The first kappa shape index (κ1) is 27.6. The van der Waals surface area contributed by atoms with Gasteiger partial charge in [-0.2, -0.15) is 0 Å². The number of rotatable bonds is 4. The molecule has 0 radical (unpaired) electrons. The summed E-state index contributed by atoms with van der Waals surface area (Å²) in [5.41, 5.74) is 8.62. The third-order valence-corrected chi connectivity index (χ3v) is 11.2. The fraction of sp³-hybridized carbons (Fsp3) is 0. The monoisotopic (exact) mass is 656 g/mol. The first-order valence-electron chi connectivity index (χ1n) is 16.9. The minimum Gasteiger partial charge on any atom is -0.456 e. The van der Waals surface area contributed by atoms with Crippen LogP contribution in [0.5, 0.6) is 0 Å². The highest BCUT2D eigenvalue weighted by Crippen LogP contribution is 2.47. The van der Waals surface area contributed by atoms with Crippen LogP contribution in [0.15, 0.2) is 174 Å². The highest BCUT2D eigenvalue weighted by Gasteiger charge is 2.22. The number of furan rings is 1. The van der Waals surface area contributed by atoms with Gasteiger partial charge in [-0.25, -0.2) is 0 Å². The molecule has 0 amide bonds. The van der Waals surface area contributed by atoms with Gasteiger partial charge in [0.05, 0.1) is 16.7 Å². The average molecular weight is 657 g/mol. The van der Waals surface area contributed by atoms with E-state index in [1.807, 2.05) is 23.5 Å². The van der Waals surface area contributed by atoms with E-state index >= 15 is 0 Å². The molecule has 3 aromatic heterocycles. The van der Waals surface area contributed by atoms with E-state index in [4.69, 9.17) is 4.42 Å². The molecule has 3 nitrogen and oxygen atoms in total. The maximum absolute atomic E-state index is 6.28. The lowest BCUT2D eigenvalue weighted by molar-refractivity contribution is 0.669. The van der Waals surface area contributed by atoms with Crippen LogP contribution >= 0.6 is 11.3 Å². The Balaban J connectivity index is 1.21. The van der Waals surface area contributed by atoms with Crippen LogP contribution in [-0.4, -0.2) is 4.57 Å². The Labute approximate surface area is 291 Å². The molecular formula is C46H28N2OS. The molecule has 0 spiro atoms. The largest absolute Gasteiger partial charge is 0.456 e. The quantitative estimate of drug-likeness (QED) is 0.188. The fourth-order valence-corrected chi connectivity index (χ4v) is 9.08. The Kier molecular flexibility index (Phi) is 5.83. The standard InChI is InChI=1S/C46H28N2OS/c1-2-13-31(14-3-1)48-39-17-8-6-16-36(39)46-40(18-10-19-41(46)48)47(32-22-24-43-37(27-32)34-15-7-9-20-42(34)49-43)33-21-23-35-38-25-29-11-4-5-12-30(29)26-44(38)50-45(35)28-33/h1-28H. The predicted molar refractivity (Wildman–Crippen MR) is 213 cm³/mol. The molecule has 0 saturated heterocycles. The topological polar surface area (TPSA) is 21.3 Å². The van der Waals surface area contributed by atoms with Crippen LogP contribution in [0.25, 0.3) is 80.4 Å². The fourth-order valence-electron chi connectivity index (χ4n) is 7.91. The van der Waals surface area contributed by atoms with Crippen LogP contribution in [-0.2, 0) is 0 Å². The molecule has 0 fully saturated rings. The number of nitrogens with zero attached hydrogens (tertiary/aromatic N) is 2. The molecule has 3 heterocycles. The summed E-state index contributed by atoms with van der Waals surface area (Å²) in [5, 5.41) is 9.80. The van der Waals surface area contributed by atoms with E-state index in [0.717, 1.165) is 44.7 Å². The molecule has 4 heteroatoms. The maximum Gasteiger partial charge on any atom is 0.135 e. The zero-order valence-electron chi connectivity index (χ0n) is 26.9. The molecule has 0 aliphatic rings. The van der Waals surface area contributed by atoms with Gasteiger partial charge < -0.3 is 13.9 Å². The number of anilines is 3. The normalized spacial score (nSPS) is 12.0. The second-order valence-corrected chi connectivity index (χ2v) is 14.0. The Morgan fingerprint density at radius 3 is 2.02 bits per heavy atom. The van der Waals surface area contributed by atoms with Gasteiger partial charge in [0.25, 0.3) is 0 Å². The molecule has 11 aromatic rings. The molecular weight excluding hydrogens is 629 g/mol. The van der Waals surface area contributed by atoms with Crippen molar-refractivity contribution in [1.29, 1.82) is 0 Å². The minimum atomic E-state index is 0.890. The van der Waals surface area contributed by atoms with Crippen LogP contribution in [0.3, 0.4) is 0 Å². The Morgan fingerprint density at radius 1 is 0.440 bits per heavy atom. The summed E-state index contributed by atoms with van der Waals surface area (Å²) >= 11 is 1.87. The first-order valence-corrected chi connectivity index (χ1v) is 17.7. The molecule has 8 aromatic carbocycles. The smallest absolute Gasteiger partial charge is 0.135 e. The van der Waals surface area contributed by atoms with E-state index in [0.29, 0.717) is 0 Å². The molecule has 0 saturated carbocycles. The summed E-state index contributed by atoms with van der Waals surface area (Å²) in [6, 6.07) is 61.4. The lowest BCUT2D eigenvalue weighted by Crippen LogP contribution is -2.10. The van der Waals surface area contributed by atoms with Gasteiger partial charge in [0.1, 0.15) is 11.2 Å². The van der Waals surface area contributed by atoms with Crippen molar-refractivity contribution in [2.45, 2.75) is 0 Å². The van der Waals surface area contributed by atoms with E-state index in [9.17, 15) is 0 Å². The molecule has 0 unspecified atom stereocenters. The van der Waals surface area contributed by atoms with Crippen molar-refractivity contribution in [3.8, 4) is 5.69 Å². The third-order valence-electron chi connectivity index (χ3n) is 10.1. The van der Waals surface area contributed by atoms with Crippen molar-refractivity contribution in [3.63, 3.8) is 0 Å². The average Bonchev–Trinajstić information content (AvgIpc) is 3.83. The number of para-hydroxylation sites is 3. The summed E-state index contributed by atoms with van der Waals surface area (Å²) in [5.74, 6) is 0. The van der Waals surface area contributed by atoms with Gasteiger partial charge in [-0.05, 0) is 89.6 Å². The van der Waals surface area contributed by atoms with Gasteiger partial charge in [0.15, 0.2) is 0 Å². The summed E-state index contributed by atoms with van der Waals surface area (Å²) in [6.45, 7) is 0. The van der Waals surface area contributed by atoms with E-state index in [-0.39, 0.29) is 0 Å². The maximum atomic E-state index is 6.28. The zero-order chi connectivity index (χ0) is 32.8. The molecule has 0 aliphatic carbocycles. The SMILES string of the molecule is c1ccc(-n2c3ccccc3c3c(N(c4ccc5c(c4)sc4cc6ccccc6cc45)c4ccc5oc6ccccc6c5c4)cccc32)cc1. The van der Waals surface area contributed by atoms with Gasteiger partial charge in [0, 0.05) is 58.8 Å². The van der Waals surface area contributed by atoms with Crippen LogP contribution < -0.4 is 4.90 Å². The molecule has 11 rings (SSSR count). The highest BCUT2D eigenvalue weighted by atomic mass is 32.1. The summed E-state index contributed by atoms with van der Waals surface area (Å²) in [7, 11) is 0. The van der Waals surface area contributed by atoms with Crippen LogP contribution in [0.1, 0.15) is 0 Å². The van der Waals surface area contributed by atoms with Gasteiger partial charge in [-0.1, -0.05) is 91.0 Å². The number of benzene rings is 8. The second-order valence-electron chi connectivity index (χ2n) is 13.0. The first-order chi connectivity index (χ1) is 24.8. The lowest BCUT2D eigenvalue weighted by atomic mass is 10.0. The summed E-state index contributed by atoms with van der Waals surface area (Å²) < 4.78 is 11.2. The summed E-state index contributed by atoms with van der Waals surface area (Å²) in [4.78, 5) is 2.44. The van der Waals surface area contributed by atoms with Crippen LogP contribution in [0, 0.1) is 0 Å². The Hall–Kier alpha value is -6.36. The molecule has 0 atom stereocenters. The zero-order valence-corrected chi connectivity index (χ0v) is 27.7. The highest BCUT2D eigenvalue weighted by molar-refractivity contribution is 7.25. The van der Waals surface area contributed by atoms with E-state index < -0.39 is 0 Å². The van der Waals surface area contributed by atoms with Gasteiger partial charge in [-0.3, -0.25) is 0 Å². The molecule has 0 N–H and O–H groups in total. The number of fused-ring (bicyclic) bond motifs is 10. The van der Waals surface area contributed by atoms with Crippen molar-refractivity contribution in [3.05, 3.63) is 170 Å². The number of aromatic nitrogens is 1. The van der Waals surface area contributed by atoms with Crippen molar-refractivity contribution >= 4 is 103 Å². The number of thiophene rings is 1. The molecule has 50 heavy (non-hydrogen) atoms. The third kappa shape index (κ3) is 4.03.